The topological polar surface area (TPSA) is 42.2 Å². The molecule has 0 radical (unpaired) electrons. The molecule has 2 heterocycles. The van der Waals surface area contributed by atoms with Crippen LogP contribution in [-0.4, -0.2) is 5.78 Å². The number of ketones is 1. The quantitative estimate of drug-likeness (QED) is 0.732. The highest BCUT2D eigenvalue weighted by molar-refractivity contribution is 6.09. The van der Waals surface area contributed by atoms with Crippen molar-refractivity contribution in [2.45, 2.75) is 13.1 Å². The fraction of sp³-hybridized carbons (Fsp3) is 0.118. The van der Waals surface area contributed by atoms with E-state index in [9.17, 15) is 9.18 Å². The minimum Gasteiger partial charge on any atom is -0.449 e. The molecule has 1 aromatic heterocycles. The lowest BCUT2D eigenvalue weighted by atomic mass is 10.0. The predicted octanol–water partition coefficient (Wildman–Crippen LogP) is 3.41. The molecule has 21 heavy (non-hydrogen) atoms. The van der Waals surface area contributed by atoms with Crippen LogP contribution < -0.4 is 5.32 Å². The summed E-state index contributed by atoms with van der Waals surface area (Å²) in [6, 6.07) is 11.9. The van der Waals surface area contributed by atoms with Crippen molar-refractivity contribution in [2.75, 3.05) is 0 Å². The molecule has 3 aromatic rings. The third-order valence-corrected chi connectivity index (χ3v) is 3.82. The van der Waals surface area contributed by atoms with E-state index in [1.54, 1.807) is 24.3 Å². The van der Waals surface area contributed by atoms with E-state index in [-0.39, 0.29) is 17.1 Å². The van der Waals surface area contributed by atoms with Gasteiger partial charge < -0.3 is 9.73 Å². The second kappa shape index (κ2) is 4.53. The fourth-order valence-electron chi connectivity index (χ4n) is 2.72. The van der Waals surface area contributed by atoms with Gasteiger partial charge in [-0.2, -0.15) is 0 Å². The lowest BCUT2D eigenvalue weighted by Crippen LogP contribution is -2.01. The summed E-state index contributed by atoms with van der Waals surface area (Å²) in [5.41, 5.74) is 3.03. The van der Waals surface area contributed by atoms with Crippen molar-refractivity contribution in [3.05, 3.63) is 70.7 Å². The molecule has 0 saturated heterocycles. The van der Waals surface area contributed by atoms with Crippen LogP contribution >= 0.6 is 0 Å². The van der Waals surface area contributed by atoms with Gasteiger partial charge in [0.1, 0.15) is 0 Å². The number of para-hydroxylation sites is 1. The second-order valence-electron chi connectivity index (χ2n) is 5.19. The van der Waals surface area contributed by atoms with Crippen molar-refractivity contribution in [3.63, 3.8) is 0 Å². The zero-order valence-electron chi connectivity index (χ0n) is 11.2. The van der Waals surface area contributed by atoms with Crippen LogP contribution in [0.3, 0.4) is 0 Å². The van der Waals surface area contributed by atoms with E-state index in [2.05, 4.69) is 5.32 Å². The molecule has 0 saturated carbocycles. The van der Waals surface area contributed by atoms with Crippen LogP contribution in [0.4, 0.5) is 4.39 Å². The number of nitrogens with one attached hydrogen (secondary N) is 1. The average Bonchev–Trinajstić information content (AvgIpc) is 3.12. The monoisotopic (exact) mass is 281 g/mol. The fourth-order valence-corrected chi connectivity index (χ4v) is 2.72. The van der Waals surface area contributed by atoms with Crippen LogP contribution in [-0.2, 0) is 13.1 Å². The molecule has 1 aliphatic heterocycles. The smallest absolute Gasteiger partial charge is 0.228 e. The number of hydrogen-bond acceptors (Lipinski definition) is 3. The summed E-state index contributed by atoms with van der Waals surface area (Å²) < 4.78 is 19.0. The van der Waals surface area contributed by atoms with Crippen LogP contribution in [0.25, 0.3) is 11.0 Å². The molecule has 1 aliphatic rings. The second-order valence-corrected chi connectivity index (χ2v) is 5.19. The van der Waals surface area contributed by atoms with E-state index in [1.807, 2.05) is 12.1 Å². The molecule has 104 valence electrons. The lowest BCUT2D eigenvalue weighted by Gasteiger charge is -2.01. The Labute approximate surface area is 120 Å². The van der Waals surface area contributed by atoms with E-state index in [1.165, 1.54) is 11.6 Å². The van der Waals surface area contributed by atoms with Crippen molar-refractivity contribution in [1.29, 1.82) is 0 Å². The van der Waals surface area contributed by atoms with Crippen molar-refractivity contribution >= 4 is 16.8 Å². The first-order valence-electron chi connectivity index (χ1n) is 6.77. The standard InChI is InChI=1S/C17H12FNO2/c18-14-3-1-2-11-7-15(21-17(11)14)16(20)10-4-5-12-8-19-9-13(12)6-10/h1-7,19H,8-9H2. The third-order valence-electron chi connectivity index (χ3n) is 3.82. The Morgan fingerprint density at radius 3 is 2.81 bits per heavy atom. The van der Waals surface area contributed by atoms with Crippen LogP contribution in [0.2, 0.25) is 0 Å². The van der Waals surface area contributed by atoms with E-state index in [0.29, 0.717) is 10.9 Å². The minimum absolute atomic E-state index is 0.128. The summed E-state index contributed by atoms with van der Waals surface area (Å²) in [4.78, 5) is 12.5. The number of fused-ring (bicyclic) bond motifs is 2. The van der Waals surface area contributed by atoms with Crippen LogP contribution in [0.1, 0.15) is 27.2 Å². The Balaban J connectivity index is 1.77. The van der Waals surface area contributed by atoms with Crippen molar-refractivity contribution < 1.29 is 13.6 Å². The van der Waals surface area contributed by atoms with Gasteiger partial charge in [-0.15, -0.1) is 0 Å². The van der Waals surface area contributed by atoms with Gasteiger partial charge >= 0.3 is 0 Å². The number of hydrogen-bond donors (Lipinski definition) is 1. The third kappa shape index (κ3) is 1.96. The number of furan rings is 1. The summed E-state index contributed by atoms with van der Waals surface area (Å²) in [5.74, 6) is -0.508. The number of carbonyl (C=O) groups excluding carboxylic acids is 1. The van der Waals surface area contributed by atoms with Gasteiger partial charge in [-0.05, 0) is 29.3 Å². The number of rotatable bonds is 2. The molecule has 0 spiro atoms. The zero-order valence-corrected chi connectivity index (χ0v) is 11.2. The highest BCUT2D eigenvalue weighted by Crippen LogP contribution is 2.25. The summed E-state index contributed by atoms with van der Waals surface area (Å²) in [6.45, 7) is 1.60. The highest BCUT2D eigenvalue weighted by Gasteiger charge is 2.18. The van der Waals surface area contributed by atoms with E-state index in [4.69, 9.17) is 4.42 Å². The molecule has 2 aromatic carbocycles. The van der Waals surface area contributed by atoms with Crippen LogP contribution in [0, 0.1) is 5.82 Å². The molecular formula is C17H12FNO2. The molecule has 0 atom stereocenters. The maximum atomic E-state index is 13.6. The largest absolute Gasteiger partial charge is 0.449 e. The van der Waals surface area contributed by atoms with Gasteiger partial charge in [0.05, 0.1) is 0 Å². The summed E-state index contributed by atoms with van der Waals surface area (Å²) in [7, 11) is 0. The zero-order chi connectivity index (χ0) is 14.4. The molecule has 0 bridgehead atoms. The van der Waals surface area contributed by atoms with Crippen LogP contribution in [0.5, 0.6) is 0 Å². The molecule has 0 unspecified atom stereocenters. The first-order chi connectivity index (χ1) is 10.2. The summed E-state index contributed by atoms with van der Waals surface area (Å²) in [6.07, 6.45) is 0. The number of halogens is 1. The van der Waals surface area contributed by atoms with Crippen LogP contribution in [0.15, 0.2) is 46.9 Å². The lowest BCUT2D eigenvalue weighted by molar-refractivity contribution is 0.101. The van der Waals surface area contributed by atoms with Crippen molar-refractivity contribution in [1.82, 2.24) is 5.32 Å². The summed E-state index contributed by atoms with van der Waals surface area (Å²) in [5, 5.41) is 3.84. The molecule has 4 rings (SSSR count). The Morgan fingerprint density at radius 1 is 1.10 bits per heavy atom. The normalized spacial score (nSPS) is 13.6. The SMILES string of the molecule is O=C(c1ccc2c(c1)CNC2)c1cc2cccc(F)c2o1. The maximum Gasteiger partial charge on any atom is 0.228 e. The van der Waals surface area contributed by atoms with Gasteiger partial charge in [-0.1, -0.05) is 24.3 Å². The predicted molar refractivity (Wildman–Crippen MR) is 76.6 cm³/mol. The molecule has 0 aliphatic carbocycles. The molecule has 0 amide bonds. The Kier molecular flexibility index (Phi) is 2.65. The van der Waals surface area contributed by atoms with E-state index < -0.39 is 5.82 Å². The molecule has 1 N–H and O–H groups in total. The van der Waals surface area contributed by atoms with E-state index >= 15 is 0 Å². The van der Waals surface area contributed by atoms with Gasteiger partial charge in [0, 0.05) is 24.0 Å². The van der Waals surface area contributed by atoms with Gasteiger partial charge in [0.25, 0.3) is 0 Å². The minimum atomic E-state index is -0.454. The Morgan fingerprint density at radius 2 is 1.95 bits per heavy atom. The van der Waals surface area contributed by atoms with E-state index in [0.717, 1.165) is 18.7 Å². The summed E-state index contributed by atoms with van der Waals surface area (Å²) >= 11 is 0. The highest BCUT2D eigenvalue weighted by atomic mass is 19.1. The Hall–Kier alpha value is -2.46. The molecular weight excluding hydrogens is 269 g/mol. The van der Waals surface area contributed by atoms with Gasteiger partial charge in [0.2, 0.25) is 5.78 Å². The van der Waals surface area contributed by atoms with Gasteiger partial charge in [0.15, 0.2) is 17.2 Å². The molecule has 3 nitrogen and oxygen atoms in total. The molecule has 0 fully saturated rings. The first-order valence-corrected chi connectivity index (χ1v) is 6.77. The molecule has 4 heteroatoms. The van der Waals surface area contributed by atoms with Crippen molar-refractivity contribution in [2.24, 2.45) is 0 Å². The number of carbonyl (C=O) groups is 1. The van der Waals surface area contributed by atoms with Gasteiger partial charge in [-0.25, -0.2) is 4.39 Å². The average molecular weight is 281 g/mol. The first kappa shape index (κ1) is 12.3. The van der Waals surface area contributed by atoms with Crippen molar-refractivity contribution in [3.8, 4) is 0 Å². The Bertz CT molecular complexity index is 866. The maximum absolute atomic E-state index is 13.6. The number of benzene rings is 2. The van der Waals surface area contributed by atoms with Gasteiger partial charge in [-0.3, -0.25) is 4.79 Å².